The zero-order chi connectivity index (χ0) is 16.0. The first-order chi connectivity index (χ1) is 11.2. The molecule has 6 nitrogen and oxygen atoms in total. The Morgan fingerprint density at radius 2 is 1.96 bits per heavy atom. The lowest BCUT2D eigenvalue weighted by molar-refractivity contribution is 0.416. The molecule has 3 heterocycles. The standard InChI is InChI=1S/C16H11ClN4O2/c1-23-13-3-2-8-20-14-12(9-18-15(13)20)21(16(22)19-14)11-6-4-10(17)5-7-11/h2-9H,1H3. The average molecular weight is 327 g/mol. The average Bonchev–Trinajstić information content (AvgIpc) is 2.91. The lowest BCUT2D eigenvalue weighted by atomic mass is 10.3. The predicted octanol–water partition coefficient (Wildman–Crippen LogP) is 2.65. The van der Waals surface area contributed by atoms with Gasteiger partial charge in [-0.15, -0.1) is 0 Å². The van der Waals surface area contributed by atoms with E-state index < -0.39 is 0 Å². The Bertz CT molecular complexity index is 1040. The second-order valence-corrected chi connectivity index (χ2v) is 5.38. The third-order valence-corrected chi connectivity index (χ3v) is 3.89. The summed E-state index contributed by atoms with van der Waals surface area (Å²) in [5, 5.41) is 0.605. The molecular weight excluding hydrogens is 316 g/mol. The first-order valence-corrected chi connectivity index (χ1v) is 7.25. The molecule has 0 saturated carbocycles. The maximum absolute atomic E-state index is 12.4. The van der Waals surface area contributed by atoms with Crippen LogP contribution in [-0.4, -0.2) is 26.0 Å². The summed E-state index contributed by atoms with van der Waals surface area (Å²) in [6.45, 7) is 0. The van der Waals surface area contributed by atoms with Crippen LogP contribution in [0.5, 0.6) is 5.75 Å². The SMILES string of the molecule is COc1cccn2c3nc(=O)n(-c4ccc(Cl)cc4)c-3cnc12. The quantitative estimate of drug-likeness (QED) is 0.568. The highest BCUT2D eigenvalue weighted by molar-refractivity contribution is 6.30. The number of imidazole rings is 1. The summed E-state index contributed by atoms with van der Waals surface area (Å²) >= 11 is 5.91. The Hall–Kier alpha value is -2.86. The van der Waals surface area contributed by atoms with Gasteiger partial charge in [0.2, 0.25) is 0 Å². The van der Waals surface area contributed by atoms with E-state index in [2.05, 4.69) is 9.97 Å². The van der Waals surface area contributed by atoms with Gasteiger partial charge in [0, 0.05) is 11.2 Å². The largest absolute Gasteiger partial charge is 0.493 e. The van der Waals surface area contributed by atoms with Gasteiger partial charge < -0.3 is 4.74 Å². The number of ether oxygens (including phenoxy) is 1. The van der Waals surface area contributed by atoms with Gasteiger partial charge in [-0.1, -0.05) is 11.6 Å². The first-order valence-electron chi connectivity index (χ1n) is 6.88. The molecule has 23 heavy (non-hydrogen) atoms. The van der Waals surface area contributed by atoms with Crippen molar-refractivity contribution in [1.82, 2.24) is 18.9 Å². The summed E-state index contributed by atoms with van der Waals surface area (Å²) in [6, 6.07) is 10.6. The molecule has 0 amide bonds. The van der Waals surface area contributed by atoms with Crippen molar-refractivity contribution in [1.29, 1.82) is 0 Å². The van der Waals surface area contributed by atoms with Crippen LogP contribution in [0.1, 0.15) is 0 Å². The summed E-state index contributed by atoms with van der Waals surface area (Å²) in [5.41, 5.74) is 1.53. The number of benzene rings is 1. The van der Waals surface area contributed by atoms with Crippen LogP contribution in [0.3, 0.4) is 0 Å². The summed E-state index contributed by atoms with van der Waals surface area (Å²) < 4.78 is 8.54. The molecule has 0 saturated heterocycles. The normalized spacial score (nSPS) is 11.2. The molecule has 2 aliphatic rings. The van der Waals surface area contributed by atoms with E-state index in [0.717, 1.165) is 0 Å². The molecule has 0 bridgehead atoms. The van der Waals surface area contributed by atoms with E-state index in [1.807, 2.05) is 12.1 Å². The van der Waals surface area contributed by atoms with Crippen molar-refractivity contribution in [2.24, 2.45) is 0 Å². The van der Waals surface area contributed by atoms with E-state index >= 15 is 0 Å². The van der Waals surface area contributed by atoms with Crippen molar-refractivity contribution >= 4 is 17.2 Å². The molecule has 1 aromatic heterocycles. The molecule has 0 spiro atoms. The van der Waals surface area contributed by atoms with Crippen molar-refractivity contribution in [3.63, 3.8) is 0 Å². The maximum Gasteiger partial charge on any atom is 0.354 e. The Morgan fingerprint density at radius 3 is 2.70 bits per heavy atom. The number of rotatable bonds is 2. The minimum atomic E-state index is -0.369. The number of fused-ring (bicyclic) bond motifs is 3. The third-order valence-electron chi connectivity index (χ3n) is 3.64. The van der Waals surface area contributed by atoms with Crippen molar-refractivity contribution in [3.05, 3.63) is 64.3 Å². The lowest BCUT2D eigenvalue weighted by Gasteiger charge is -2.11. The Kier molecular flexibility index (Phi) is 3.06. The third kappa shape index (κ3) is 2.07. The van der Waals surface area contributed by atoms with Gasteiger partial charge in [-0.3, -0.25) is 8.97 Å². The van der Waals surface area contributed by atoms with Crippen molar-refractivity contribution in [2.45, 2.75) is 0 Å². The molecule has 0 radical (unpaired) electrons. The smallest absolute Gasteiger partial charge is 0.354 e. The van der Waals surface area contributed by atoms with Crippen LogP contribution < -0.4 is 10.4 Å². The van der Waals surface area contributed by atoms with Gasteiger partial charge in [-0.25, -0.2) is 9.78 Å². The fourth-order valence-corrected chi connectivity index (χ4v) is 2.72. The van der Waals surface area contributed by atoms with Crippen LogP contribution >= 0.6 is 11.6 Å². The van der Waals surface area contributed by atoms with Gasteiger partial charge in [0.25, 0.3) is 0 Å². The minimum absolute atomic E-state index is 0.369. The van der Waals surface area contributed by atoms with Crippen LogP contribution in [0.2, 0.25) is 5.02 Å². The molecule has 0 fully saturated rings. The van der Waals surface area contributed by atoms with Crippen molar-refractivity contribution < 1.29 is 4.74 Å². The number of aromatic nitrogens is 4. The van der Waals surface area contributed by atoms with E-state index in [9.17, 15) is 4.79 Å². The Labute approximate surface area is 135 Å². The lowest BCUT2D eigenvalue weighted by Crippen LogP contribution is -2.14. The molecular formula is C16H11ClN4O2. The molecule has 114 valence electrons. The molecule has 0 aliphatic carbocycles. The number of methoxy groups -OCH3 is 1. The molecule has 2 aromatic rings. The molecule has 0 N–H and O–H groups in total. The van der Waals surface area contributed by atoms with Gasteiger partial charge in [0.15, 0.2) is 17.2 Å². The van der Waals surface area contributed by atoms with E-state index in [-0.39, 0.29) is 5.69 Å². The summed E-state index contributed by atoms with van der Waals surface area (Å²) in [7, 11) is 1.58. The van der Waals surface area contributed by atoms with Gasteiger partial charge in [0.05, 0.1) is 19.0 Å². The van der Waals surface area contributed by atoms with E-state index in [0.29, 0.717) is 33.6 Å². The second-order valence-electron chi connectivity index (χ2n) is 4.94. The first kappa shape index (κ1) is 13.8. The fraction of sp³-hybridized carbons (Fsp3) is 0.0625. The number of nitrogens with zero attached hydrogens (tertiary/aromatic N) is 4. The van der Waals surface area contributed by atoms with E-state index in [1.54, 1.807) is 48.2 Å². The van der Waals surface area contributed by atoms with E-state index in [4.69, 9.17) is 16.3 Å². The van der Waals surface area contributed by atoms with E-state index in [1.165, 1.54) is 4.57 Å². The number of hydrogen-bond acceptors (Lipinski definition) is 4. The molecule has 4 rings (SSSR count). The molecule has 2 aliphatic heterocycles. The van der Waals surface area contributed by atoms with Crippen molar-refractivity contribution in [2.75, 3.05) is 7.11 Å². The monoisotopic (exact) mass is 326 g/mol. The van der Waals surface area contributed by atoms with Crippen LogP contribution in [-0.2, 0) is 0 Å². The van der Waals surface area contributed by atoms with Gasteiger partial charge in [0.1, 0.15) is 5.69 Å². The summed E-state index contributed by atoms with van der Waals surface area (Å²) in [5.74, 6) is 1.14. The highest BCUT2D eigenvalue weighted by Gasteiger charge is 2.20. The topological polar surface area (TPSA) is 61.4 Å². The highest BCUT2D eigenvalue weighted by atomic mass is 35.5. The molecule has 7 heteroatoms. The van der Waals surface area contributed by atoms with Crippen LogP contribution in [0.4, 0.5) is 0 Å². The van der Waals surface area contributed by atoms with Gasteiger partial charge in [-0.05, 0) is 36.4 Å². The highest BCUT2D eigenvalue weighted by Crippen LogP contribution is 2.26. The number of pyridine rings is 1. The number of halogens is 1. The maximum atomic E-state index is 12.4. The molecule has 0 atom stereocenters. The summed E-state index contributed by atoms with van der Waals surface area (Å²) in [4.78, 5) is 20.9. The van der Waals surface area contributed by atoms with Crippen LogP contribution in [0.25, 0.3) is 22.9 Å². The Morgan fingerprint density at radius 1 is 1.17 bits per heavy atom. The van der Waals surface area contributed by atoms with Gasteiger partial charge >= 0.3 is 5.69 Å². The zero-order valence-corrected chi connectivity index (χ0v) is 12.9. The van der Waals surface area contributed by atoms with Gasteiger partial charge in [-0.2, -0.15) is 4.98 Å². The molecule has 1 aromatic carbocycles. The van der Waals surface area contributed by atoms with Crippen LogP contribution in [0.15, 0.2) is 53.6 Å². The minimum Gasteiger partial charge on any atom is -0.493 e. The Balaban J connectivity index is 2.04. The number of hydrogen-bond donors (Lipinski definition) is 0. The molecule has 0 unspecified atom stereocenters. The zero-order valence-electron chi connectivity index (χ0n) is 12.1. The second kappa shape index (κ2) is 5.10. The van der Waals surface area contributed by atoms with Crippen LogP contribution in [0, 0.1) is 0 Å². The predicted molar refractivity (Wildman–Crippen MR) is 86.8 cm³/mol. The fourth-order valence-electron chi connectivity index (χ4n) is 2.59. The van der Waals surface area contributed by atoms with Crippen molar-refractivity contribution in [3.8, 4) is 23.0 Å². The summed E-state index contributed by atoms with van der Waals surface area (Å²) in [6.07, 6.45) is 3.42.